The van der Waals surface area contributed by atoms with Crippen LogP contribution < -0.4 is 0 Å². The van der Waals surface area contributed by atoms with Crippen LogP contribution in [-0.2, 0) is 11.2 Å². The highest BCUT2D eigenvalue weighted by molar-refractivity contribution is 6.43. The Morgan fingerprint density at radius 3 is 2.53 bits per heavy atom. The van der Waals surface area contributed by atoms with Crippen molar-refractivity contribution in [2.75, 3.05) is 0 Å². The van der Waals surface area contributed by atoms with Crippen LogP contribution >= 0.6 is 34.8 Å². The Labute approximate surface area is 124 Å². The van der Waals surface area contributed by atoms with Crippen molar-refractivity contribution in [3.63, 3.8) is 0 Å². The fraction of sp³-hybridized carbons (Fsp3) is 0.0769. The van der Waals surface area contributed by atoms with Gasteiger partial charge in [-0.05, 0) is 11.6 Å². The van der Waals surface area contributed by atoms with Gasteiger partial charge in [-0.1, -0.05) is 46.9 Å². The second-order valence-corrected chi connectivity index (χ2v) is 5.01. The van der Waals surface area contributed by atoms with E-state index in [2.05, 4.69) is 4.98 Å². The number of rotatable bonds is 3. The summed E-state index contributed by atoms with van der Waals surface area (Å²) in [5.41, 5.74) is 1.65. The normalized spacial score (nSPS) is 10.5. The third-order valence-corrected chi connectivity index (χ3v) is 3.72. The van der Waals surface area contributed by atoms with Gasteiger partial charge in [0.2, 0.25) is 0 Å². The number of nitrogens with zero attached hydrogens (tertiary/aromatic N) is 1. The Balaban J connectivity index is 2.65. The number of aliphatic carboxylic acids is 1. The molecule has 0 amide bonds. The lowest BCUT2D eigenvalue weighted by molar-refractivity contribution is -0.136. The largest absolute Gasteiger partial charge is 0.481 e. The van der Waals surface area contributed by atoms with Crippen molar-refractivity contribution in [2.24, 2.45) is 0 Å². The van der Waals surface area contributed by atoms with E-state index in [-0.39, 0.29) is 11.4 Å². The minimum absolute atomic E-state index is 0.209. The van der Waals surface area contributed by atoms with E-state index < -0.39 is 5.97 Å². The monoisotopic (exact) mass is 315 g/mol. The van der Waals surface area contributed by atoms with Gasteiger partial charge in [-0.15, -0.1) is 0 Å². The number of aromatic nitrogens is 1. The molecule has 1 heterocycles. The van der Waals surface area contributed by atoms with E-state index >= 15 is 0 Å². The fourth-order valence-electron chi connectivity index (χ4n) is 1.74. The molecule has 0 aliphatic heterocycles. The number of carbonyl (C=O) groups is 1. The van der Waals surface area contributed by atoms with E-state index in [9.17, 15) is 4.79 Å². The van der Waals surface area contributed by atoms with Crippen LogP contribution in [-0.4, -0.2) is 16.1 Å². The molecular weight excluding hydrogens is 309 g/mol. The van der Waals surface area contributed by atoms with Crippen LogP contribution in [0.1, 0.15) is 5.56 Å². The molecule has 0 fully saturated rings. The maximum atomic E-state index is 10.9. The van der Waals surface area contributed by atoms with E-state index in [1.54, 1.807) is 18.2 Å². The molecule has 2 aromatic rings. The molecule has 0 radical (unpaired) electrons. The first-order valence-corrected chi connectivity index (χ1v) is 6.42. The molecule has 1 aromatic heterocycles. The van der Waals surface area contributed by atoms with Gasteiger partial charge in [0.1, 0.15) is 0 Å². The highest BCUT2D eigenvalue weighted by Gasteiger charge is 2.16. The molecule has 6 heteroatoms. The van der Waals surface area contributed by atoms with Gasteiger partial charge in [0.15, 0.2) is 0 Å². The van der Waals surface area contributed by atoms with E-state index in [4.69, 9.17) is 39.9 Å². The summed E-state index contributed by atoms with van der Waals surface area (Å²) >= 11 is 18.1. The molecule has 0 bridgehead atoms. The lowest BCUT2D eigenvalue weighted by atomic mass is 10.00. The van der Waals surface area contributed by atoms with Crippen molar-refractivity contribution < 1.29 is 9.90 Å². The quantitative estimate of drug-likeness (QED) is 0.916. The minimum Gasteiger partial charge on any atom is -0.481 e. The molecule has 0 saturated heterocycles. The smallest absolute Gasteiger partial charge is 0.307 e. The Morgan fingerprint density at radius 2 is 1.84 bits per heavy atom. The van der Waals surface area contributed by atoms with E-state index in [0.29, 0.717) is 26.7 Å². The summed E-state index contributed by atoms with van der Waals surface area (Å²) in [5.74, 6) is -0.979. The molecule has 0 aliphatic rings. The summed E-state index contributed by atoms with van der Waals surface area (Å²) in [6.07, 6.45) is 2.73. The van der Waals surface area contributed by atoms with Crippen molar-refractivity contribution in [2.45, 2.75) is 6.42 Å². The summed E-state index contributed by atoms with van der Waals surface area (Å²) < 4.78 is 0. The number of carboxylic acids is 1. The van der Waals surface area contributed by atoms with Gasteiger partial charge in [0.05, 0.1) is 21.5 Å². The van der Waals surface area contributed by atoms with E-state index in [0.717, 1.165) is 0 Å². The SMILES string of the molecule is O=C(O)Cc1c(Cl)cncc1-c1cccc(Cl)c1Cl. The first-order chi connectivity index (χ1) is 9.00. The van der Waals surface area contributed by atoms with E-state index in [1.165, 1.54) is 12.4 Å². The zero-order valence-electron chi connectivity index (χ0n) is 9.53. The number of pyridine rings is 1. The maximum absolute atomic E-state index is 10.9. The van der Waals surface area contributed by atoms with Crippen molar-refractivity contribution >= 4 is 40.8 Å². The molecular formula is C13H8Cl3NO2. The third kappa shape index (κ3) is 3.00. The highest BCUT2D eigenvalue weighted by atomic mass is 35.5. The molecule has 2 rings (SSSR count). The van der Waals surface area contributed by atoms with Crippen molar-refractivity contribution in [1.29, 1.82) is 0 Å². The van der Waals surface area contributed by atoms with Gasteiger partial charge in [0.25, 0.3) is 0 Å². The molecule has 1 aromatic carbocycles. The molecule has 0 saturated carbocycles. The van der Waals surface area contributed by atoms with Gasteiger partial charge >= 0.3 is 5.97 Å². The van der Waals surface area contributed by atoms with Crippen LogP contribution in [0.3, 0.4) is 0 Å². The lowest BCUT2D eigenvalue weighted by Gasteiger charge is -2.11. The number of benzene rings is 1. The molecule has 0 unspecified atom stereocenters. The first-order valence-electron chi connectivity index (χ1n) is 5.29. The van der Waals surface area contributed by atoms with Crippen LogP contribution in [0.15, 0.2) is 30.6 Å². The van der Waals surface area contributed by atoms with Crippen molar-refractivity contribution in [1.82, 2.24) is 4.98 Å². The summed E-state index contributed by atoms with van der Waals surface area (Å²) in [6.45, 7) is 0. The minimum atomic E-state index is -0.979. The van der Waals surface area contributed by atoms with Gasteiger partial charge in [-0.2, -0.15) is 0 Å². The Hall–Kier alpha value is -1.29. The van der Waals surface area contributed by atoms with Crippen molar-refractivity contribution in [3.05, 3.63) is 51.2 Å². The second-order valence-electron chi connectivity index (χ2n) is 3.82. The number of hydrogen-bond donors (Lipinski definition) is 1. The molecule has 1 N–H and O–H groups in total. The molecule has 0 atom stereocenters. The summed E-state index contributed by atoms with van der Waals surface area (Å²) in [6, 6.07) is 5.13. The van der Waals surface area contributed by atoms with Gasteiger partial charge in [0, 0.05) is 23.5 Å². The lowest BCUT2D eigenvalue weighted by Crippen LogP contribution is -2.03. The predicted molar refractivity (Wildman–Crippen MR) is 76.0 cm³/mol. The number of hydrogen-bond acceptors (Lipinski definition) is 2. The second kappa shape index (κ2) is 5.78. The van der Waals surface area contributed by atoms with Crippen LogP contribution in [0.5, 0.6) is 0 Å². The van der Waals surface area contributed by atoms with Crippen LogP contribution in [0.4, 0.5) is 0 Å². The maximum Gasteiger partial charge on any atom is 0.307 e. The molecule has 3 nitrogen and oxygen atoms in total. The van der Waals surface area contributed by atoms with E-state index in [1.807, 2.05) is 0 Å². The first kappa shape index (κ1) is 14.1. The predicted octanol–water partition coefficient (Wildman–Crippen LogP) is 4.34. The Kier molecular flexibility index (Phi) is 4.30. The summed E-state index contributed by atoms with van der Waals surface area (Å²) in [5, 5.41) is 9.97. The standard InChI is InChI=1S/C13H8Cl3NO2/c14-10-3-1-2-7(13(10)16)9-5-17-6-11(15)8(9)4-12(18)19/h1-3,5-6H,4H2,(H,18,19). The van der Waals surface area contributed by atoms with Crippen molar-refractivity contribution in [3.8, 4) is 11.1 Å². The van der Waals surface area contributed by atoms with Gasteiger partial charge < -0.3 is 5.11 Å². The summed E-state index contributed by atoms with van der Waals surface area (Å²) in [7, 11) is 0. The molecule has 0 spiro atoms. The number of carboxylic acid groups (broad SMARTS) is 1. The number of halogens is 3. The van der Waals surface area contributed by atoms with Crippen LogP contribution in [0.25, 0.3) is 11.1 Å². The third-order valence-electron chi connectivity index (χ3n) is 2.57. The Morgan fingerprint density at radius 1 is 1.11 bits per heavy atom. The van der Waals surface area contributed by atoms with Gasteiger partial charge in [-0.25, -0.2) is 0 Å². The average Bonchev–Trinajstić information content (AvgIpc) is 2.35. The Bertz CT molecular complexity index is 644. The topological polar surface area (TPSA) is 50.2 Å². The zero-order valence-corrected chi connectivity index (χ0v) is 11.8. The average molecular weight is 317 g/mol. The highest BCUT2D eigenvalue weighted by Crippen LogP contribution is 2.36. The van der Waals surface area contributed by atoms with Gasteiger partial charge in [-0.3, -0.25) is 9.78 Å². The van der Waals surface area contributed by atoms with Crippen LogP contribution in [0.2, 0.25) is 15.1 Å². The zero-order chi connectivity index (χ0) is 14.0. The molecule has 0 aliphatic carbocycles. The molecule has 98 valence electrons. The van der Waals surface area contributed by atoms with Crippen LogP contribution in [0, 0.1) is 0 Å². The summed E-state index contributed by atoms with van der Waals surface area (Å²) in [4.78, 5) is 14.9. The molecule has 19 heavy (non-hydrogen) atoms. The fourth-order valence-corrected chi connectivity index (χ4v) is 2.36.